The number of nitrogens with two attached hydrogens (primary N) is 1. The van der Waals surface area contributed by atoms with Crippen molar-refractivity contribution in [2.24, 2.45) is 0 Å². The maximum atomic E-state index is 13.1. The molecule has 0 bridgehead atoms. The summed E-state index contributed by atoms with van der Waals surface area (Å²) in [6.07, 6.45) is 4.24. The highest BCUT2D eigenvalue weighted by Crippen LogP contribution is 2.37. The molecule has 1 aliphatic carbocycles. The third-order valence-corrected chi connectivity index (χ3v) is 2.92. The molecule has 0 aliphatic heterocycles. The van der Waals surface area contributed by atoms with Crippen molar-refractivity contribution in [2.45, 2.75) is 31.6 Å². The summed E-state index contributed by atoms with van der Waals surface area (Å²) in [5, 5.41) is 0. The Hall–Kier alpha value is -0.830. The molecule has 0 radical (unpaired) electrons. The van der Waals surface area contributed by atoms with Crippen molar-refractivity contribution in [1.29, 1.82) is 0 Å². The lowest BCUT2D eigenvalue weighted by Crippen LogP contribution is -2.02. The Morgan fingerprint density at radius 3 is 2.33 bits per heavy atom. The zero-order valence-corrected chi connectivity index (χ0v) is 9.12. The van der Waals surface area contributed by atoms with E-state index < -0.39 is 11.6 Å². The summed E-state index contributed by atoms with van der Waals surface area (Å²) in [5.41, 5.74) is 6.37. The fourth-order valence-electron chi connectivity index (χ4n) is 2.18. The SMILES string of the molecule is Cl.Nc1c(F)cc(F)cc1C1CCCC1. The molecule has 84 valence electrons. The lowest BCUT2D eigenvalue weighted by atomic mass is 9.96. The molecule has 0 amide bonds. The Bertz CT molecular complexity index is 349. The van der Waals surface area contributed by atoms with Gasteiger partial charge in [-0.15, -0.1) is 12.4 Å². The van der Waals surface area contributed by atoms with Crippen LogP contribution in [0.4, 0.5) is 14.5 Å². The predicted octanol–water partition coefficient (Wildman–Crippen LogP) is 3.63. The van der Waals surface area contributed by atoms with Gasteiger partial charge in [0.05, 0.1) is 5.69 Å². The van der Waals surface area contributed by atoms with Crippen LogP contribution in [0.1, 0.15) is 37.2 Å². The van der Waals surface area contributed by atoms with Gasteiger partial charge in [-0.2, -0.15) is 0 Å². The molecular formula is C11H14ClF2N. The molecule has 2 rings (SSSR count). The van der Waals surface area contributed by atoms with Crippen LogP contribution < -0.4 is 5.73 Å². The minimum absolute atomic E-state index is 0. The Balaban J connectivity index is 0.00000112. The van der Waals surface area contributed by atoms with Crippen LogP contribution in [0.3, 0.4) is 0 Å². The van der Waals surface area contributed by atoms with E-state index in [0.717, 1.165) is 31.7 Å². The average Bonchev–Trinajstić information content (AvgIpc) is 2.63. The molecule has 1 fully saturated rings. The van der Waals surface area contributed by atoms with Gasteiger partial charge in [0.25, 0.3) is 0 Å². The quantitative estimate of drug-likeness (QED) is 0.737. The van der Waals surface area contributed by atoms with E-state index in [1.165, 1.54) is 6.07 Å². The van der Waals surface area contributed by atoms with Gasteiger partial charge in [-0.3, -0.25) is 0 Å². The summed E-state index contributed by atoms with van der Waals surface area (Å²) in [4.78, 5) is 0. The van der Waals surface area contributed by atoms with Crippen LogP contribution in [0.25, 0.3) is 0 Å². The molecule has 0 heterocycles. The maximum Gasteiger partial charge on any atom is 0.149 e. The largest absolute Gasteiger partial charge is 0.396 e. The summed E-state index contributed by atoms with van der Waals surface area (Å²) < 4.78 is 26.1. The summed E-state index contributed by atoms with van der Waals surface area (Å²) in [7, 11) is 0. The molecule has 0 atom stereocenters. The zero-order chi connectivity index (χ0) is 10.1. The summed E-state index contributed by atoms with van der Waals surface area (Å²) in [5.74, 6) is -0.911. The fourth-order valence-corrected chi connectivity index (χ4v) is 2.18. The highest BCUT2D eigenvalue weighted by Gasteiger charge is 2.21. The molecule has 0 saturated heterocycles. The Kier molecular flexibility index (Phi) is 3.91. The first kappa shape index (κ1) is 12.2. The molecule has 1 nitrogen and oxygen atoms in total. The zero-order valence-electron chi connectivity index (χ0n) is 8.30. The van der Waals surface area contributed by atoms with Gasteiger partial charge in [0.2, 0.25) is 0 Å². The third kappa shape index (κ3) is 2.40. The smallest absolute Gasteiger partial charge is 0.149 e. The minimum atomic E-state index is -0.632. The van der Waals surface area contributed by atoms with E-state index in [1.807, 2.05) is 0 Å². The molecule has 1 saturated carbocycles. The number of halogens is 3. The number of rotatable bonds is 1. The minimum Gasteiger partial charge on any atom is -0.396 e. The standard InChI is InChI=1S/C11H13F2N.ClH/c12-8-5-9(7-3-1-2-4-7)11(14)10(13)6-8;/h5-7H,1-4,14H2;1H. The van der Waals surface area contributed by atoms with Crippen LogP contribution in [0.15, 0.2) is 12.1 Å². The first-order valence-corrected chi connectivity index (χ1v) is 4.93. The topological polar surface area (TPSA) is 26.0 Å². The van der Waals surface area contributed by atoms with Crippen molar-refractivity contribution >= 4 is 18.1 Å². The van der Waals surface area contributed by atoms with E-state index >= 15 is 0 Å². The average molecular weight is 234 g/mol. The fraction of sp³-hybridized carbons (Fsp3) is 0.455. The van der Waals surface area contributed by atoms with Crippen LogP contribution in [0, 0.1) is 11.6 Å². The van der Waals surface area contributed by atoms with Crippen molar-refractivity contribution in [1.82, 2.24) is 0 Å². The van der Waals surface area contributed by atoms with Gasteiger partial charge in [0.15, 0.2) is 0 Å². The number of hydrogen-bond acceptors (Lipinski definition) is 1. The molecular weight excluding hydrogens is 220 g/mol. The first-order valence-electron chi connectivity index (χ1n) is 4.93. The van der Waals surface area contributed by atoms with Crippen LogP contribution in [-0.2, 0) is 0 Å². The highest BCUT2D eigenvalue weighted by molar-refractivity contribution is 5.85. The summed E-state index contributed by atoms with van der Waals surface area (Å²) >= 11 is 0. The molecule has 0 unspecified atom stereocenters. The van der Waals surface area contributed by atoms with Crippen LogP contribution in [-0.4, -0.2) is 0 Å². The van der Waals surface area contributed by atoms with Crippen molar-refractivity contribution < 1.29 is 8.78 Å². The van der Waals surface area contributed by atoms with Crippen LogP contribution in [0.5, 0.6) is 0 Å². The van der Waals surface area contributed by atoms with Crippen LogP contribution in [0.2, 0.25) is 0 Å². The predicted molar refractivity (Wildman–Crippen MR) is 59.2 cm³/mol. The van der Waals surface area contributed by atoms with Gasteiger partial charge < -0.3 is 5.73 Å². The van der Waals surface area contributed by atoms with Crippen molar-refractivity contribution in [3.05, 3.63) is 29.3 Å². The summed E-state index contributed by atoms with van der Waals surface area (Å²) in [6.45, 7) is 0. The molecule has 1 aromatic carbocycles. The Morgan fingerprint density at radius 1 is 1.13 bits per heavy atom. The van der Waals surface area contributed by atoms with Gasteiger partial charge in [-0.05, 0) is 30.4 Å². The number of anilines is 1. The van der Waals surface area contributed by atoms with Gasteiger partial charge in [-0.1, -0.05) is 12.8 Å². The van der Waals surface area contributed by atoms with Crippen molar-refractivity contribution in [3.63, 3.8) is 0 Å². The second kappa shape index (κ2) is 4.79. The van der Waals surface area contributed by atoms with E-state index in [1.54, 1.807) is 0 Å². The first-order chi connectivity index (χ1) is 6.68. The molecule has 0 aromatic heterocycles. The third-order valence-electron chi connectivity index (χ3n) is 2.92. The van der Waals surface area contributed by atoms with E-state index in [0.29, 0.717) is 5.56 Å². The highest BCUT2D eigenvalue weighted by atomic mass is 35.5. The monoisotopic (exact) mass is 233 g/mol. The summed E-state index contributed by atoms with van der Waals surface area (Å²) in [6, 6.07) is 2.21. The van der Waals surface area contributed by atoms with E-state index in [9.17, 15) is 8.78 Å². The molecule has 1 aliphatic rings. The van der Waals surface area contributed by atoms with Crippen molar-refractivity contribution in [3.8, 4) is 0 Å². The van der Waals surface area contributed by atoms with Gasteiger partial charge >= 0.3 is 0 Å². The molecule has 15 heavy (non-hydrogen) atoms. The van der Waals surface area contributed by atoms with Crippen molar-refractivity contribution in [2.75, 3.05) is 5.73 Å². The van der Waals surface area contributed by atoms with Crippen LogP contribution >= 0.6 is 12.4 Å². The number of nitrogen functional groups attached to an aromatic ring is 1. The molecule has 4 heteroatoms. The van der Waals surface area contributed by atoms with E-state index in [2.05, 4.69) is 0 Å². The van der Waals surface area contributed by atoms with Gasteiger partial charge in [-0.25, -0.2) is 8.78 Å². The van der Waals surface area contributed by atoms with E-state index in [-0.39, 0.29) is 24.0 Å². The maximum absolute atomic E-state index is 13.1. The second-order valence-electron chi connectivity index (χ2n) is 3.87. The normalized spacial score (nSPS) is 16.4. The van der Waals surface area contributed by atoms with E-state index in [4.69, 9.17) is 5.73 Å². The lowest BCUT2D eigenvalue weighted by Gasteiger charge is -2.13. The number of hydrogen-bond donors (Lipinski definition) is 1. The number of benzene rings is 1. The molecule has 2 N–H and O–H groups in total. The van der Waals surface area contributed by atoms with Gasteiger partial charge in [0.1, 0.15) is 11.6 Å². The Morgan fingerprint density at radius 2 is 1.73 bits per heavy atom. The molecule has 0 spiro atoms. The lowest BCUT2D eigenvalue weighted by molar-refractivity contribution is 0.576. The Labute approximate surface area is 94.1 Å². The second-order valence-corrected chi connectivity index (χ2v) is 3.87. The molecule has 1 aromatic rings. The van der Waals surface area contributed by atoms with Gasteiger partial charge in [0, 0.05) is 6.07 Å².